The lowest BCUT2D eigenvalue weighted by molar-refractivity contribution is 0.0740. The molecule has 0 amide bonds. The van der Waals surface area contributed by atoms with Crippen molar-refractivity contribution in [3.8, 4) is 5.75 Å². The van der Waals surface area contributed by atoms with Crippen LogP contribution in [0.15, 0.2) is 70.5 Å². The van der Waals surface area contributed by atoms with E-state index in [4.69, 9.17) is 4.74 Å². The lowest BCUT2D eigenvalue weighted by Gasteiger charge is -2.07. The predicted octanol–water partition coefficient (Wildman–Crippen LogP) is 6.04. The van der Waals surface area contributed by atoms with Gasteiger partial charge in [-0.1, -0.05) is 42.5 Å². The number of benzene rings is 3. The fourth-order valence-corrected chi connectivity index (χ4v) is 3.92. The Kier molecular flexibility index (Phi) is 3.63. The summed E-state index contributed by atoms with van der Waals surface area (Å²) >= 11 is 4.71. The van der Waals surface area contributed by atoms with Gasteiger partial charge in [0.2, 0.25) is 0 Å². The number of carbonyl (C=O) groups excluding carboxylic acids is 1. The third-order valence-electron chi connectivity index (χ3n) is 3.70. The van der Waals surface area contributed by atoms with Gasteiger partial charge in [-0.3, -0.25) is 0 Å². The summed E-state index contributed by atoms with van der Waals surface area (Å²) in [5.74, 6) is 0.226. The van der Waals surface area contributed by atoms with Crippen LogP contribution in [0.1, 0.15) is 9.67 Å². The Morgan fingerprint density at radius 3 is 2.43 bits per heavy atom. The Bertz CT molecular complexity index is 1040. The van der Waals surface area contributed by atoms with Gasteiger partial charge in [0, 0.05) is 9.85 Å². The minimum Gasteiger partial charge on any atom is -0.422 e. The molecule has 0 spiro atoms. The first-order chi connectivity index (χ1) is 11.2. The summed E-state index contributed by atoms with van der Waals surface area (Å²) in [6.45, 7) is 0. The van der Waals surface area contributed by atoms with Crippen molar-refractivity contribution < 1.29 is 9.53 Å². The summed E-state index contributed by atoms with van der Waals surface area (Å²) in [7, 11) is 0. The lowest BCUT2D eigenvalue weighted by atomic mass is 10.0. The molecular formula is C19H11BrO2S. The largest absolute Gasteiger partial charge is 0.422 e. The number of fused-ring (bicyclic) bond motifs is 3. The molecule has 4 rings (SSSR count). The molecule has 0 aliphatic rings. The molecule has 2 nitrogen and oxygen atoms in total. The molecule has 3 aromatic carbocycles. The zero-order valence-electron chi connectivity index (χ0n) is 12.0. The molecule has 0 aliphatic heterocycles. The summed E-state index contributed by atoms with van der Waals surface area (Å²) in [4.78, 5) is 12.8. The molecule has 112 valence electrons. The maximum Gasteiger partial charge on any atom is 0.353 e. The SMILES string of the molecule is O=C(Oc1ccc2ccc3ccccc3c2c1)c1cc(Br)cs1. The van der Waals surface area contributed by atoms with Crippen LogP contribution in [0.4, 0.5) is 0 Å². The van der Waals surface area contributed by atoms with E-state index in [1.54, 1.807) is 6.07 Å². The lowest BCUT2D eigenvalue weighted by Crippen LogP contribution is -2.06. The molecule has 0 unspecified atom stereocenters. The van der Waals surface area contributed by atoms with E-state index in [2.05, 4.69) is 40.2 Å². The fourth-order valence-electron chi connectivity index (χ4n) is 2.62. The van der Waals surface area contributed by atoms with Gasteiger partial charge in [0.05, 0.1) is 0 Å². The molecule has 0 aliphatic carbocycles. The van der Waals surface area contributed by atoms with Gasteiger partial charge in [-0.2, -0.15) is 0 Å². The van der Waals surface area contributed by atoms with Crippen molar-refractivity contribution in [1.29, 1.82) is 0 Å². The summed E-state index contributed by atoms with van der Waals surface area (Å²) in [5.41, 5.74) is 0. The molecule has 1 aromatic heterocycles. The van der Waals surface area contributed by atoms with Crippen LogP contribution in [0, 0.1) is 0 Å². The van der Waals surface area contributed by atoms with Crippen LogP contribution < -0.4 is 4.74 Å². The number of thiophene rings is 1. The van der Waals surface area contributed by atoms with Crippen molar-refractivity contribution in [3.63, 3.8) is 0 Å². The second kappa shape index (κ2) is 5.80. The van der Waals surface area contributed by atoms with E-state index in [0.717, 1.165) is 20.6 Å². The third kappa shape index (κ3) is 2.76. The van der Waals surface area contributed by atoms with Crippen molar-refractivity contribution in [2.45, 2.75) is 0 Å². The van der Waals surface area contributed by atoms with E-state index in [1.807, 2.05) is 35.7 Å². The summed E-state index contributed by atoms with van der Waals surface area (Å²) in [6, 6.07) is 19.9. The Morgan fingerprint density at radius 2 is 1.65 bits per heavy atom. The van der Waals surface area contributed by atoms with Crippen LogP contribution in [0.5, 0.6) is 5.75 Å². The van der Waals surface area contributed by atoms with Crippen molar-refractivity contribution in [3.05, 3.63) is 75.4 Å². The standard InChI is InChI=1S/C19H11BrO2S/c20-14-9-18(23-11-14)19(21)22-15-8-7-13-6-5-12-3-1-2-4-16(12)17(13)10-15/h1-11H. The van der Waals surface area contributed by atoms with Crippen LogP contribution in [0.2, 0.25) is 0 Å². The van der Waals surface area contributed by atoms with E-state index in [0.29, 0.717) is 10.6 Å². The Balaban J connectivity index is 1.76. The van der Waals surface area contributed by atoms with Crippen molar-refractivity contribution in [2.24, 2.45) is 0 Å². The Hall–Kier alpha value is -2.17. The number of esters is 1. The zero-order chi connectivity index (χ0) is 15.8. The van der Waals surface area contributed by atoms with Crippen LogP contribution in [-0.2, 0) is 0 Å². The van der Waals surface area contributed by atoms with Gasteiger partial charge in [-0.15, -0.1) is 11.3 Å². The molecule has 0 atom stereocenters. The quantitative estimate of drug-likeness (QED) is 0.240. The number of ether oxygens (including phenoxy) is 1. The molecule has 0 radical (unpaired) electrons. The topological polar surface area (TPSA) is 26.3 Å². The molecular weight excluding hydrogens is 372 g/mol. The highest BCUT2D eigenvalue weighted by Gasteiger charge is 2.12. The van der Waals surface area contributed by atoms with E-state index in [1.165, 1.54) is 16.7 Å². The van der Waals surface area contributed by atoms with E-state index >= 15 is 0 Å². The van der Waals surface area contributed by atoms with Gasteiger partial charge in [0.25, 0.3) is 0 Å². The molecule has 0 saturated heterocycles. The maximum absolute atomic E-state index is 12.2. The van der Waals surface area contributed by atoms with Crippen LogP contribution >= 0.6 is 27.3 Å². The minimum absolute atomic E-state index is 0.333. The zero-order valence-corrected chi connectivity index (χ0v) is 14.4. The van der Waals surface area contributed by atoms with Gasteiger partial charge in [-0.05, 0) is 55.7 Å². The van der Waals surface area contributed by atoms with Crippen LogP contribution in [0.25, 0.3) is 21.5 Å². The number of hydrogen-bond donors (Lipinski definition) is 0. The second-order valence-electron chi connectivity index (χ2n) is 5.19. The first kappa shape index (κ1) is 14.4. The van der Waals surface area contributed by atoms with Crippen molar-refractivity contribution in [2.75, 3.05) is 0 Å². The Morgan fingerprint density at radius 1 is 0.913 bits per heavy atom. The molecule has 23 heavy (non-hydrogen) atoms. The third-order valence-corrected chi connectivity index (χ3v) is 5.37. The summed E-state index contributed by atoms with van der Waals surface area (Å²) in [6.07, 6.45) is 0. The predicted molar refractivity (Wildman–Crippen MR) is 98.4 cm³/mol. The summed E-state index contributed by atoms with van der Waals surface area (Å²) in [5, 5.41) is 6.40. The monoisotopic (exact) mass is 382 g/mol. The molecule has 4 aromatic rings. The van der Waals surface area contributed by atoms with Crippen LogP contribution in [0.3, 0.4) is 0 Å². The first-order valence-corrected chi connectivity index (χ1v) is 8.76. The average Bonchev–Trinajstić information content (AvgIpc) is 3.01. The summed E-state index contributed by atoms with van der Waals surface area (Å²) < 4.78 is 6.41. The molecule has 1 heterocycles. The molecule has 0 N–H and O–H groups in total. The smallest absolute Gasteiger partial charge is 0.353 e. The number of hydrogen-bond acceptors (Lipinski definition) is 3. The first-order valence-electron chi connectivity index (χ1n) is 7.08. The van der Waals surface area contributed by atoms with E-state index < -0.39 is 0 Å². The van der Waals surface area contributed by atoms with Crippen molar-refractivity contribution >= 4 is 54.8 Å². The van der Waals surface area contributed by atoms with Crippen LogP contribution in [-0.4, -0.2) is 5.97 Å². The molecule has 0 bridgehead atoms. The number of rotatable bonds is 2. The highest BCUT2D eigenvalue weighted by atomic mass is 79.9. The minimum atomic E-state index is -0.333. The van der Waals surface area contributed by atoms with E-state index in [9.17, 15) is 4.79 Å². The highest BCUT2D eigenvalue weighted by Crippen LogP contribution is 2.29. The maximum atomic E-state index is 12.2. The van der Waals surface area contributed by atoms with Gasteiger partial charge < -0.3 is 4.74 Å². The molecule has 4 heteroatoms. The van der Waals surface area contributed by atoms with E-state index in [-0.39, 0.29) is 5.97 Å². The van der Waals surface area contributed by atoms with Gasteiger partial charge >= 0.3 is 5.97 Å². The molecule has 0 fully saturated rings. The highest BCUT2D eigenvalue weighted by molar-refractivity contribution is 9.10. The average molecular weight is 383 g/mol. The normalized spacial score (nSPS) is 11.0. The number of carbonyl (C=O) groups is 1. The van der Waals surface area contributed by atoms with Gasteiger partial charge in [0.1, 0.15) is 10.6 Å². The van der Waals surface area contributed by atoms with Gasteiger partial charge in [0.15, 0.2) is 0 Å². The fraction of sp³-hybridized carbons (Fsp3) is 0. The Labute approximate surface area is 145 Å². The second-order valence-corrected chi connectivity index (χ2v) is 7.02. The van der Waals surface area contributed by atoms with Crippen molar-refractivity contribution in [1.82, 2.24) is 0 Å². The molecule has 0 saturated carbocycles. The van der Waals surface area contributed by atoms with Gasteiger partial charge in [-0.25, -0.2) is 4.79 Å². The number of halogens is 1.